The number of benzene rings is 1. The van der Waals surface area contributed by atoms with Crippen molar-refractivity contribution in [2.45, 2.75) is 58.6 Å². The fourth-order valence-electron chi connectivity index (χ4n) is 4.11. The number of para-hydroxylation sites is 1. The summed E-state index contributed by atoms with van der Waals surface area (Å²) in [5, 5.41) is 1.12. The maximum atomic E-state index is 12.6. The number of fused-ring (bicyclic) bond motifs is 1. The number of aromatic amines is 1. The van der Waals surface area contributed by atoms with Crippen molar-refractivity contribution in [3.05, 3.63) is 36.0 Å². The molecule has 1 saturated carbocycles. The lowest BCUT2D eigenvalue weighted by molar-refractivity contribution is -0.157. The molecule has 1 fully saturated rings. The van der Waals surface area contributed by atoms with E-state index in [9.17, 15) is 4.79 Å². The summed E-state index contributed by atoms with van der Waals surface area (Å²) in [6, 6.07) is 7.45. The maximum absolute atomic E-state index is 12.6. The Labute approximate surface area is 150 Å². The Morgan fingerprint density at radius 3 is 2.84 bits per heavy atom. The highest BCUT2D eigenvalue weighted by molar-refractivity contribution is 5.84. The van der Waals surface area contributed by atoms with Gasteiger partial charge in [0, 0.05) is 23.5 Å². The lowest BCUT2D eigenvalue weighted by Crippen LogP contribution is -2.41. The molecule has 1 aromatic carbocycles. The van der Waals surface area contributed by atoms with Crippen LogP contribution in [0.3, 0.4) is 0 Å². The summed E-state index contributed by atoms with van der Waals surface area (Å²) in [7, 11) is 0. The molecule has 1 aliphatic rings. The van der Waals surface area contributed by atoms with Gasteiger partial charge in [-0.05, 0) is 42.2 Å². The van der Waals surface area contributed by atoms with E-state index in [0.29, 0.717) is 24.2 Å². The van der Waals surface area contributed by atoms with Crippen LogP contribution in [0, 0.1) is 17.8 Å². The number of nitrogens with one attached hydrogen (secondary N) is 1. The number of esters is 1. The zero-order valence-electron chi connectivity index (χ0n) is 15.5. The van der Waals surface area contributed by atoms with Gasteiger partial charge < -0.3 is 15.5 Å². The molecule has 4 atom stereocenters. The molecule has 25 heavy (non-hydrogen) atoms. The van der Waals surface area contributed by atoms with Crippen LogP contribution in [0.15, 0.2) is 30.5 Å². The van der Waals surface area contributed by atoms with Crippen molar-refractivity contribution >= 4 is 16.9 Å². The molecule has 0 spiro atoms. The van der Waals surface area contributed by atoms with Crippen LogP contribution in [0.2, 0.25) is 0 Å². The molecule has 0 amide bonds. The van der Waals surface area contributed by atoms with Crippen LogP contribution in [0.25, 0.3) is 10.9 Å². The van der Waals surface area contributed by atoms with Gasteiger partial charge in [0.1, 0.15) is 12.1 Å². The molecule has 3 N–H and O–H groups in total. The largest absolute Gasteiger partial charge is 0.461 e. The molecule has 3 unspecified atom stereocenters. The van der Waals surface area contributed by atoms with Gasteiger partial charge in [0.15, 0.2) is 0 Å². The Morgan fingerprint density at radius 1 is 1.32 bits per heavy atom. The van der Waals surface area contributed by atoms with Crippen molar-refractivity contribution in [1.29, 1.82) is 0 Å². The van der Waals surface area contributed by atoms with Crippen LogP contribution < -0.4 is 5.73 Å². The van der Waals surface area contributed by atoms with Gasteiger partial charge in [0.2, 0.25) is 0 Å². The highest BCUT2D eigenvalue weighted by Crippen LogP contribution is 2.35. The van der Waals surface area contributed by atoms with Crippen molar-refractivity contribution in [1.82, 2.24) is 4.98 Å². The number of ether oxygens (including phenoxy) is 1. The van der Waals surface area contributed by atoms with E-state index in [1.54, 1.807) is 0 Å². The van der Waals surface area contributed by atoms with Crippen molar-refractivity contribution in [3.63, 3.8) is 0 Å². The Hall–Kier alpha value is -1.81. The van der Waals surface area contributed by atoms with E-state index in [2.05, 4.69) is 31.8 Å². The first kappa shape index (κ1) is 18.0. The summed E-state index contributed by atoms with van der Waals surface area (Å²) in [6.45, 7) is 6.67. The molecule has 1 aromatic heterocycles. The van der Waals surface area contributed by atoms with E-state index in [1.165, 1.54) is 6.42 Å². The minimum atomic E-state index is -0.621. The lowest BCUT2D eigenvalue weighted by Gasteiger charge is -2.37. The third-order valence-corrected chi connectivity index (χ3v) is 5.65. The van der Waals surface area contributed by atoms with Crippen LogP contribution in [-0.4, -0.2) is 23.1 Å². The molecule has 0 radical (unpaired) electrons. The molecule has 0 bridgehead atoms. The molecule has 0 aliphatic heterocycles. The topological polar surface area (TPSA) is 68.1 Å². The molecule has 1 aliphatic carbocycles. The number of hydrogen-bond acceptors (Lipinski definition) is 3. The fourth-order valence-corrected chi connectivity index (χ4v) is 4.11. The number of carbonyl (C=O) groups is 1. The smallest absolute Gasteiger partial charge is 0.323 e. The van der Waals surface area contributed by atoms with Gasteiger partial charge in [-0.3, -0.25) is 4.79 Å². The maximum Gasteiger partial charge on any atom is 0.323 e. The van der Waals surface area contributed by atoms with Crippen molar-refractivity contribution in [2.75, 3.05) is 0 Å². The standard InChI is InChI=1S/C21H30N2O2/c1-13(2)16-9-8-14(3)10-20(16)25-21(24)18(22)11-15-12-23-19-7-5-4-6-17(15)19/h4-7,12-14,16,18,20,23H,8-11,22H2,1-3H3/t14?,16?,18-,20?/m1/s1. The average molecular weight is 342 g/mol. The highest BCUT2D eigenvalue weighted by Gasteiger charge is 2.34. The Bertz CT molecular complexity index is 722. The van der Waals surface area contributed by atoms with E-state index in [1.807, 2.05) is 24.4 Å². The molecule has 3 rings (SSSR count). The first-order chi connectivity index (χ1) is 12.0. The summed E-state index contributed by atoms with van der Waals surface area (Å²) < 4.78 is 5.88. The Kier molecular flexibility index (Phi) is 5.48. The molecule has 4 heteroatoms. The first-order valence-corrected chi connectivity index (χ1v) is 9.46. The SMILES string of the molecule is CC1CCC(C(C)C)C(OC(=O)[C@H](N)Cc2c[nH]c3ccccc23)C1. The fraction of sp³-hybridized carbons (Fsp3) is 0.571. The van der Waals surface area contributed by atoms with Gasteiger partial charge in [-0.25, -0.2) is 0 Å². The lowest BCUT2D eigenvalue weighted by atomic mass is 9.75. The highest BCUT2D eigenvalue weighted by atomic mass is 16.5. The van der Waals surface area contributed by atoms with Gasteiger partial charge in [0.05, 0.1) is 0 Å². The Balaban J connectivity index is 1.65. The molecular weight excluding hydrogens is 312 g/mol. The van der Waals surface area contributed by atoms with Crippen LogP contribution in [-0.2, 0) is 16.0 Å². The van der Waals surface area contributed by atoms with Crippen molar-refractivity contribution in [2.24, 2.45) is 23.5 Å². The summed E-state index contributed by atoms with van der Waals surface area (Å²) in [5.41, 5.74) is 8.32. The number of aromatic nitrogens is 1. The number of rotatable bonds is 5. The van der Waals surface area contributed by atoms with Crippen molar-refractivity contribution < 1.29 is 9.53 Å². The van der Waals surface area contributed by atoms with Crippen molar-refractivity contribution in [3.8, 4) is 0 Å². The number of carbonyl (C=O) groups excluding carboxylic acids is 1. The molecule has 136 valence electrons. The average Bonchev–Trinajstić information content (AvgIpc) is 2.97. The predicted octanol–water partition coefficient (Wildman–Crippen LogP) is 4.04. The van der Waals surface area contributed by atoms with E-state index in [4.69, 9.17) is 10.5 Å². The van der Waals surface area contributed by atoms with Gasteiger partial charge in [-0.1, -0.05) is 45.4 Å². The minimum Gasteiger partial charge on any atom is -0.461 e. The molecule has 1 heterocycles. The second-order valence-electron chi connectivity index (χ2n) is 7.97. The summed E-state index contributed by atoms with van der Waals surface area (Å²) in [4.78, 5) is 15.8. The minimum absolute atomic E-state index is 0.00488. The summed E-state index contributed by atoms with van der Waals surface area (Å²) >= 11 is 0. The second-order valence-corrected chi connectivity index (χ2v) is 7.97. The van der Waals surface area contributed by atoms with Gasteiger partial charge in [-0.2, -0.15) is 0 Å². The zero-order chi connectivity index (χ0) is 18.0. The summed E-state index contributed by atoms with van der Waals surface area (Å²) in [5.74, 6) is 1.31. The Morgan fingerprint density at radius 2 is 2.08 bits per heavy atom. The third-order valence-electron chi connectivity index (χ3n) is 5.65. The van der Waals surface area contributed by atoms with Gasteiger partial charge in [0.25, 0.3) is 0 Å². The quantitative estimate of drug-likeness (QED) is 0.806. The summed E-state index contributed by atoms with van der Waals surface area (Å²) in [6.07, 6.45) is 5.75. The van der Waals surface area contributed by atoms with E-state index in [-0.39, 0.29) is 12.1 Å². The molecular formula is C21H30N2O2. The molecule has 4 nitrogen and oxygen atoms in total. The van der Waals surface area contributed by atoms with Gasteiger partial charge in [-0.15, -0.1) is 0 Å². The molecule has 0 saturated heterocycles. The number of nitrogens with two attached hydrogens (primary N) is 1. The monoisotopic (exact) mass is 342 g/mol. The van der Waals surface area contributed by atoms with Crippen LogP contribution in [0.4, 0.5) is 0 Å². The van der Waals surface area contributed by atoms with Crippen LogP contribution >= 0.6 is 0 Å². The van der Waals surface area contributed by atoms with Crippen LogP contribution in [0.5, 0.6) is 0 Å². The van der Waals surface area contributed by atoms with E-state index >= 15 is 0 Å². The number of H-pyrrole nitrogens is 1. The predicted molar refractivity (Wildman–Crippen MR) is 101 cm³/mol. The zero-order valence-corrected chi connectivity index (χ0v) is 15.5. The number of hydrogen-bond donors (Lipinski definition) is 2. The third kappa shape index (κ3) is 4.06. The molecule has 2 aromatic rings. The van der Waals surface area contributed by atoms with E-state index < -0.39 is 6.04 Å². The normalized spacial score (nSPS) is 25.2. The first-order valence-electron chi connectivity index (χ1n) is 9.46. The van der Waals surface area contributed by atoms with Crippen LogP contribution in [0.1, 0.15) is 45.6 Å². The van der Waals surface area contributed by atoms with E-state index in [0.717, 1.165) is 29.3 Å². The van der Waals surface area contributed by atoms with Gasteiger partial charge >= 0.3 is 5.97 Å². The second kappa shape index (κ2) is 7.61.